The first-order chi connectivity index (χ1) is 12.1. The smallest absolute Gasteiger partial charge is 0.239 e. The molecule has 0 aliphatic heterocycles. The van der Waals surface area contributed by atoms with Gasteiger partial charge in [-0.15, -0.1) is 0 Å². The van der Waals surface area contributed by atoms with E-state index in [1.54, 1.807) is 42.5 Å². The van der Waals surface area contributed by atoms with Crippen LogP contribution in [0.3, 0.4) is 0 Å². The quantitative estimate of drug-likeness (QED) is 0.601. The van der Waals surface area contributed by atoms with Gasteiger partial charge in [0.2, 0.25) is 11.8 Å². The summed E-state index contributed by atoms with van der Waals surface area (Å²) in [5.41, 5.74) is 1.03. The molecule has 0 unspecified atom stereocenters. The molecule has 136 valence electrons. The largest absolute Gasteiger partial charge is 0.325 e. The van der Waals surface area contributed by atoms with Gasteiger partial charge < -0.3 is 10.6 Å². The van der Waals surface area contributed by atoms with Gasteiger partial charge in [0.1, 0.15) is 5.41 Å². The Labute approximate surface area is 157 Å². The van der Waals surface area contributed by atoms with Crippen molar-refractivity contribution in [1.82, 2.24) is 0 Å². The number of rotatable bonds is 5. The third-order valence-corrected chi connectivity index (χ3v) is 4.33. The Morgan fingerprint density at radius 2 is 1.62 bits per heavy atom. The monoisotopic (exact) mass is 372 g/mol. The molecule has 0 saturated heterocycles. The number of halogens is 1. The van der Waals surface area contributed by atoms with Crippen molar-refractivity contribution in [3.05, 3.63) is 58.6 Å². The van der Waals surface area contributed by atoms with E-state index in [2.05, 4.69) is 10.6 Å². The zero-order valence-electron chi connectivity index (χ0n) is 15.1. The topological polar surface area (TPSA) is 75.3 Å². The molecule has 0 aliphatic carbocycles. The highest BCUT2D eigenvalue weighted by Crippen LogP contribution is 2.25. The molecule has 2 amide bonds. The molecule has 0 bridgehead atoms. The number of benzene rings is 2. The number of anilines is 2. The molecular formula is C20H21ClN2O3. The van der Waals surface area contributed by atoms with Crippen LogP contribution in [-0.4, -0.2) is 17.6 Å². The minimum Gasteiger partial charge on any atom is -0.325 e. The van der Waals surface area contributed by atoms with Crippen LogP contribution in [0.4, 0.5) is 11.4 Å². The van der Waals surface area contributed by atoms with E-state index < -0.39 is 17.2 Å². The molecule has 0 radical (unpaired) electrons. The standard InChI is InChI=1S/C20H21ClN2O3/c1-12-10-15(21)8-9-17(12)23-19(26)20(3,4)18(25)22-16-7-5-6-14(11-16)13(2)24/h5-11H,1-4H3,(H,22,25)(H,23,26). The number of hydrogen-bond acceptors (Lipinski definition) is 3. The molecule has 6 heteroatoms. The molecule has 2 aromatic rings. The summed E-state index contributed by atoms with van der Waals surface area (Å²) in [5.74, 6) is -1.01. The maximum absolute atomic E-state index is 12.6. The van der Waals surface area contributed by atoms with Crippen molar-refractivity contribution in [3.63, 3.8) is 0 Å². The summed E-state index contributed by atoms with van der Waals surface area (Å²) in [5, 5.41) is 6.03. The van der Waals surface area contributed by atoms with Crippen LogP contribution in [0.25, 0.3) is 0 Å². The molecule has 0 heterocycles. The molecule has 0 aromatic heterocycles. The third kappa shape index (κ3) is 4.49. The minimum absolute atomic E-state index is 0.101. The number of carbonyl (C=O) groups is 3. The Kier molecular flexibility index (Phi) is 5.83. The molecule has 5 nitrogen and oxygen atoms in total. The second kappa shape index (κ2) is 7.70. The zero-order valence-corrected chi connectivity index (χ0v) is 15.9. The predicted molar refractivity (Wildman–Crippen MR) is 104 cm³/mol. The fourth-order valence-electron chi connectivity index (χ4n) is 2.25. The number of carbonyl (C=O) groups excluding carboxylic acids is 3. The molecule has 0 saturated carbocycles. The first kappa shape index (κ1) is 19.7. The summed E-state index contributed by atoms with van der Waals surface area (Å²) in [4.78, 5) is 36.7. The van der Waals surface area contributed by atoms with E-state index in [9.17, 15) is 14.4 Å². The fraction of sp³-hybridized carbons (Fsp3) is 0.250. The first-order valence-corrected chi connectivity index (χ1v) is 8.49. The number of ketones is 1. The van der Waals surface area contributed by atoms with Crippen LogP contribution < -0.4 is 10.6 Å². The highest BCUT2D eigenvalue weighted by atomic mass is 35.5. The minimum atomic E-state index is -1.32. The van der Waals surface area contributed by atoms with E-state index in [0.29, 0.717) is 22.0 Å². The second-order valence-electron chi connectivity index (χ2n) is 6.63. The van der Waals surface area contributed by atoms with E-state index >= 15 is 0 Å². The summed E-state index contributed by atoms with van der Waals surface area (Å²) < 4.78 is 0. The van der Waals surface area contributed by atoms with Crippen LogP contribution in [0.5, 0.6) is 0 Å². The average molecular weight is 373 g/mol. The van der Waals surface area contributed by atoms with Crippen LogP contribution in [-0.2, 0) is 9.59 Å². The van der Waals surface area contributed by atoms with Crippen molar-refractivity contribution in [3.8, 4) is 0 Å². The van der Waals surface area contributed by atoms with E-state index in [0.717, 1.165) is 5.56 Å². The maximum Gasteiger partial charge on any atom is 0.239 e. The van der Waals surface area contributed by atoms with Crippen molar-refractivity contribution in [2.75, 3.05) is 10.6 Å². The number of nitrogens with one attached hydrogen (secondary N) is 2. The Hall–Kier alpha value is -2.66. The molecule has 2 aromatic carbocycles. The molecule has 0 fully saturated rings. The van der Waals surface area contributed by atoms with Gasteiger partial charge in [0.05, 0.1) is 0 Å². The van der Waals surface area contributed by atoms with Gasteiger partial charge in [-0.05, 0) is 63.6 Å². The van der Waals surface area contributed by atoms with Crippen molar-refractivity contribution >= 4 is 40.6 Å². The number of hydrogen-bond donors (Lipinski definition) is 2. The normalized spacial score (nSPS) is 11.0. The Morgan fingerprint density at radius 3 is 2.23 bits per heavy atom. The predicted octanol–water partition coefficient (Wildman–Crippen LogP) is 4.45. The van der Waals surface area contributed by atoms with Crippen molar-refractivity contribution in [2.24, 2.45) is 5.41 Å². The highest BCUT2D eigenvalue weighted by Gasteiger charge is 2.36. The van der Waals surface area contributed by atoms with Gasteiger partial charge in [-0.1, -0.05) is 23.7 Å². The third-order valence-electron chi connectivity index (χ3n) is 4.10. The summed E-state index contributed by atoms with van der Waals surface area (Å²) >= 11 is 5.92. The van der Waals surface area contributed by atoms with Gasteiger partial charge in [0.15, 0.2) is 5.78 Å². The Balaban J connectivity index is 2.14. The van der Waals surface area contributed by atoms with Crippen LogP contribution in [0.2, 0.25) is 5.02 Å². The van der Waals surface area contributed by atoms with Gasteiger partial charge in [-0.3, -0.25) is 14.4 Å². The fourth-order valence-corrected chi connectivity index (χ4v) is 2.48. The lowest BCUT2D eigenvalue weighted by molar-refractivity contribution is -0.135. The molecule has 0 spiro atoms. The van der Waals surface area contributed by atoms with Crippen LogP contribution in [0.1, 0.15) is 36.7 Å². The summed E-state index contributed by atoms with van der Waals surface area (Å²) in [6, 6.07) is 11.7. The Morgan fingerprint density at radius 1 is 0.962 bits per heavy atom. The molecule has 2 N–H and O–H groups in total. The van der Waals surface area contributed by atoms with E-state index in [1.807, 2.05) is 6.92 Å². The van der Waals surface area contributed by atoms with Crippen molar-refractivity contribution in [1.29, 1.82) is 0 Å². The molecular weight excluding hydrogens is 352 g/mol. The maximum atomic E-state index is 12.6. The van der Waals surface area contributed by atoms with Crippen molar-refractivity contribution in [2.45, 2.75) is 27.7 Å². The lowest BCUT2D eigenvalue weighted by atomic mass is 9.90. The van der Waals surface area contributed by atoms with Gasteiger partial charge in [0, 0.05) is 22.0 Å². The molecule has 0 atom stereocenters. The molecule has 26 heavy (non-hydrogen) atoms. The second-order valence-corrected chi connectivity index (χ2v) is 7.07. The van der Waals surface area contributed by atoms with E-state index in [-0.39, 0.29) is 5.78 Å². The Bertz CT molecular complexity index is 875. The van der Waals surface area contributed by atoms with Gasteiger partial charge in [0.25, 0.3) is 0 Å². The van der Waals surface area contributed by atoms with E-state index in [4.69, 9.17) is 11.6 Å². The number of Topliss-reactive ketones (excluding diaryl/α,β-unsaturated/α-hetero) is 1. The SMILES string of the molecule is CC(=O)c1cccc(NC(=O)C(C)(C)C(=O)Nc2ccc(Cl)cc2C)c1. The lowest BCUT2D eigenvalue weighted by Gasteiger charge is -2.23. The van der Waals surface area contributed by atoms with Crippen LogP contribution >= 0.6 is 11.6 Å². The number of amides is 2. The van der Waals surface area contributed by atoms with E-state index in [1.165, 1.54) is 20.8 Å². The van der Waals surface area contributed by atoms with Crippen molar-refractivity contribution < 1.29 is 14.4 Å². The average Bonchev–Trinajstić information content (AvgIpc) is 2.57. The number of aryl methyl sites for hydroxylation is 1. The molecule has 0 aliphatic rings. The summed E-state index contributed by atoms with van der Waals surface area (Å²) in [7, 11) is 0. The van der Waals surface area contributed by atoms with Gasteiger partial charge >= 0.3 is 0 Å². The van der Waals surface area contributed by atoms with Gasteiger partial charge in [-0.25, -0.2) is 0 Å². The first-order valence-electron chi connectivity index (χ1n) is 8.11. The summed E-state index contributed by atoms with van der Waals surface area (Å²) in [6.45, 7) is 6.35. The van der Waals surface area contributed by atoms with Crippen LogP contribution in [0.15, 0.2) is 42.5 Å². The lowest BCUT2D eigenvalue weighted by Crippen LogP contribution is -2.41. The van der Waals surface area contributed by atoms with Crippen LogP contribution in [0, 0.1) is 12.3 Å². The summed E-state index contributed by atoms with van der Waals surface area (Å²) in [6.07, 6.45) is 0. The highest BCUT2D eigenvalue weighted by molar-refractivity contribution is 6.30. The zero-order chi connectivity index (χ0) is 19.5. The molecule has 2 rings (SSSR count). The van der Waals surface area contributed by atoms with Gasteiger partial charge in [-0.2, -0.15) is 0 Å².